The minimum Gasteiger partial charge on any atom is -0.497 e. The molecule has 0 radical (unpaired) electrons. The van der Waals surface area contributed by atoms with Gasteiger partial charge in [0.15, 0.2) is 5.82 Å². The fraction of sp³-hybridized carbons (Fsp3) is 0.211. The Labute approximate surface area is 167 Å². The lowest BCUT2D eigenvalue weighted by molar-refractivity contribution is 0.374. The van der Waals surface area contributed by atoms with Gasteiger partial charge in [-0.15, -0.1) is 0 Å². The van der Waals surface area contributed by atoms with Crippen molar-refractivity contribution >= 4 is 18.4 Å². The number of nitrogens with one attached hydrogen (secondary N) is 1. The molecule has 1 heterocycles. The number of rotatable bonds is 7. The van der Waals surface area contributed by atoms with E-state index >= 15 is 0 Å². The fourth-order valence-corrected chi connectivity index (χ4v) is 2.78. The van der Waals surface area contributed by atoms with E-state index in [-0.39, 0.29) is 0 Å². The molecule has 0 aliphatic rings. The predicted molar refractivity (Wildman–Crippen MR) is 108 cm³/mol. The summed E-state index contributed by atoms with van der Waals surface area (Å²) in [6.07, 6.45) is 1.61. The summed E-state index contributed by atoms with van der Waals surface area (Å²) in [6, 6.07) is 11.0. The largest absolute Gasteiger partial charge is 0.497 e. The quantitative estimate of drug-likeness (QED) is 0.483. The highest BCUT2D eigenvalue weighted by Crippen LogP contribution is 2.32. The summed E-state index contributed by atoms with van der Waals surface area (Å²) < 4.78 is 23.2. The second-order valence-electron chi connectivity index (χ2n) is 5.58. The summed E-state index contributed by atoms with van der Waals surface area (Å²) in [5.41, 5.74) is 1.48. The second kappa shape index (κ2) is 8.57. The summed E-state index contributed by atoms with van der Waals surface area (Å²) in [4.78, 5) is 0. The Hall–Kier alpha value is -3.33. The van der Waals surface area contributed by atoms with Crippen LogP contribution in [-0.2, 0) is 0 Å². The lowest BCUT2D eigenvalue weighted by Crippen LogP contribution is -2.00. The molecule has 9 heteroatoms. The molecular formula is C19H20N4O4S. The third-order valence-corrected chi connectivity index (χ3v) is 4.32. The van der Waals surface area contributed by atoms with Crippen LogP contribution in [0.5, 0.6) is 23.0 Å². The van der Waals surface area contributed by atoms with Gasteiger partial charge in [0, 0.05) is 17.7 Å². The van der Waals surface area contributed by atoms with Gasteiger partial charge in [-0.05, 0) is 36.5 Å². The van der Waals surface area contributed by atoms with E-state index in [1.165, 1.54) is 4.68 Å². The molecule has 0 spiro atoms. The van der Waals surface area contributed by atoms with Gasteiger partial charge in [0.05, 0.1) is 40.2 Å². The lowest BCUT2D eigenvalue weighted by Gasteiger charge is -2.12. The van der Waals surface area contributed by atoms with Crippen molar-refractivity contribution < 1.29 is 18.9 Å². The van der Waals surface area contributed by atoms with E-state index in [4.69, 9.17) is 31.2 Å². The van der Waals surface area contributed by atoms with E-state index in [9.17, 15) is 0 Å². The number of aromatic amines is 1. The monoisotopic (exact) mass is 400 g/mol. The molecule has 0 atom stereocenters. The Morgan fingerprint density at radius 3 is 2.07 bits per heavy atom. The summed E-state index contributed by atoms with van der Waals surface area (Å²) in [5, 5.41) is 11.5. The summed E-state index contributed by atoms with van der Waals surface area (Å²) in [7, 11) is 6.33. The van der Waals surface area contributed by atoms with Crippen molar-refractivity contribution in [3.63, 3.8) is 0 Å². The van der Waals surface area contributed by atoms with Gasteiger partial charge in [0.1, 0.15) is 23.0 Å². The first-order valence-corrected chi connectivity index (χ1v) is 8.68. The normalized spacial score (nSPS) is 10.9. The van der Waals surface area contributed by atoms with E-state index in [0.29, 0.717) is 33.4 Å². The maximum atomic E-state index is 5.45. The van der Waals surface area contributed by atoms with Crippen LogP contribution in [0.2, 0.25) is 0 Å². The first-order chi connectivity index (χ1) is 13.6. The van der Waals surface area contributed by atoms with E-state index in [1.807, 2.05) is 24.3 Å². The zero-order valence-electron chi connectivity index (χ0n) is 15.9. The number of hydrogen-bond acceptors (Lipinski definition) is 7. The molecule has 0 amide bonds. The average Bonchev–Trinajstić information content (AvgIpc) is 3.11. The van der Waals surface area contributed by atoms with E-state index in [2.05, 4.69) is 15.3 Å². The van der Waals surface area contributed by atoms with Crippen molar-refractivity contribution in [2.24, 2.45) is 5.10 Å². The van der Waals surface area contributed by atoms with Crippen LogP contribution < -0.4 is 18.9 Å². The molecule has 0 bridgehead atoms. The molecule has 28 heavy (non-hydrogen) atoms. The van der Waals surface area contributed by atoms with Crippen molar-refractivity contribution in [3.05, 3.63) is 46.7 Å². The number of benzene rings is 2. The van der Waals surface area contributed by atoms with Crippen LogP contribution in [-0.4, -0.2) is 49.5 Å². The number of H-pyrrole nitrogens is 1. The molecule has 0 aliphatic carbocycles. The molecular weight excluding hydrogens is 380 g/mol. The molecule has 0 aliphatic heterocycles. The standard InChI is InChI=1S/C19H20N4O4S/c1-24-13-7-5-12(6-8-13)18-21-22-19(28)23(18)20-11-15-16(26-3)9-14(25-2)10-17(15)27-4/h5-11H,1-4H3,(H,22,28). The number of hydrogen-bond donors (Lipinski definition) is 1. The van der Waals surface area contributed by atoms with Crippen LogP contribution in [0.1, 0.15) is 5.56 Å². The van der Waals surface area contributed by atoms with Gasteiger partial charge in [0.2, 0.25) is 4.77 Å². The third-order valence-electron chi connectivity index (χ3n) is 4.05. The maximum absolute atomic E-state index is 5.45. The molecule has 1 N–H and O–H groups in total. The zero-order valence-corrected chi connectivity index (χ0v) is 16.7. The van der Waals surface area contributed by atoms with E-state index in [1.54, 1.807) is 46.8 Å². The number of ether oxygens (including phenoxy) is 4. The Bertz CT molecular complexity index is 1020. The summed E-state index contributed by atoms with van der Waals surface area (Å²) in [5.74, 6) is 3.04. The van der Waals surface area contributed by atoms with Crippen molar-refractivity contribution in [2.45, 2.75) is 0 Å². The highest BCUT2D eigenvalue weighted by atomic mass is 32.1. The summed E-state index contributed by atoms with van der Waals surface area (Å²) in [6.45, 7) is 0. The van der Waals surface area contributed by atoms with Gasteiger partial charge in [-0.2, -0.15) is 14.9 Å². The molecule has 0 fully saturated rings. The molecule has 0 unspecified atom stereocenters. The first-order valence-electron chi connectivity index (χ1n) is 8.27. The topological polar surface area (TPSA) is 82.9 Å². The minimum absolute atomic E-state index is 0.355. The Morgan fingerprint density at radius 1 is 0.929 bits per heavy atom. The smallest absolute Gasteiger partial charge is 0.216 e. The van der Waals surface area contributed by atoms with Crippen LogP contribution >= 0.6 is 12.2 Å². The molecule has 0 saturated carbocycles. The Balaban J connectivity index is 2.04. The van der Waals surface area contributed by atoms with Crippen LogP contribution in [0.15, 0.2) is 41.5 Å². The van der Waals surface area contributed by atoms with Gasteiger partial charge in [-0.25, -0.2) is 5.10 Å². The summed E-state index contributed by atoms with van der Waals surface area (Å²) >= 11 is 5.32. The van der Waals surface area contributed by atoms with Crippen molar-refractivity contribution in [3.8, 4) is 34.4 Å². The SMILES string of the molecule is COc1ccc(-c2n[nH]c(=S)n2N=Cc2c(OC)cc(OC)cc2OC)cc1. The van der Waals surface area contributed by atoms with E-state index in [0.717, 1.165) is 11.3 Å². The molecule has 1 aromatic heterocycles. The molecule has 8 nitrogen and oxygen atoms in total. The highest BCUT2D eigenvalue weighted by molar-refractivity contribution is 7.71. The highest BCUT2D eigenvalue weighted by Gasteiger charge is 2.13. The lowest BCUT2D eigenvalue weighted by atomic mass is 10.2. The molecule has 3 rings (SSSR count). The molecule has 146 valence electrons. The van der Waals surface area contributed by atoms with E-state index < -0.39 is 0 Å². The first kappa shape index (κ1) is 19.4. The van der Waals surface area contributed by atoms with Crippen LogP contribution in [0.25, 0.3) is 11.4 Å². The van der Waals surface area contributed by atoms with Crippen molar-refractivity contribution in [2.75, 3.05) is 28.4 Å². The zero-order chi connectivity index (χ0) is 20.1. The third kappa shape index (κ3) is 3.84. The second-order valence-corrected chi connectivity index (χ2v) is 5.97. The molecule has 3 aromatic rings. The number of nitrogens with zero attached hydrogens (tertiary/aromatic N) is 3. The van der Waals surface area contributed by atoms with Gasteiger partial charge in [0.25, 0.3) is 0 Å². The van der Waals surface area contributed by atoms with Gasteiger partial charge in [-0.1, -0.05) is 0 Å². The van der Waals surface area contributed by atoms with Gasteiger partial charge >= 0.3 is 0 Å². The molecule has 2 aromatic carbocycles. The average molecular weight is 400 g/mol. The van der Waals surface area contributed by atoms with Gasteiger partial charge in [-0.3, -0.25) is 0 Å². The van der Waals surface area contributed by atoms with Crippen LogP contribution in [0.3, 0.4) is 0 Å². The molecule has 0 saturated heterocycles. The van der Waals surface area contributed by atoms with Crippen LogP contribution in [0, 0.1) is 4.77 Å². The minimum atomic E-state index is 0.355. The number of methoxy groups -OCH3 is 4. The van der Waals surface area contributed by atoms with Crippen molar-refractivity contribution in [1.29, 1.82) is 0 Å². The Kier molecular flexibility index (Phi) is 5.95. The fourth-order valence-electron chi connectivity index (χ4n) is 2.60. The van der Waals surface area contributed by atoms with Crippen LogP contribution in [0.4, 0.5) is 0 Å². The maximum Gasteiger partial charge on any atom is 0.216 e. The predicted octanol–water partition coefficient (Wildman–Crippen LogP) is 3.52. The Morgan fingerprint density at radius 2 is 1.54 bits per heavy atom. The van der Waals surface area contributed by atoms with Crippen molar-refractivity contribution in [1.82, 2.24) is 14.9 Å². The number of aromatic nitrogens is 3. The van der Waals surface area contributed by atoms with Gasteiger partial charge < -0.3 is 18.9 Å².